The van der Waals surface area contributed by atoms with Crippen molar-refractivity contribution in [1.82, 2.24) is 20.2 Å². The van der Waals surface area contributed by atoms with Crippen LogP contribution in [0.1, 0.15) is 0 Å². The number of carbonyl (C=O) groups excluding carboxylic acids is 1. The van der Waals surface area contributed by atoms with Crippen LogP contribution in [0, 0.1) is 0 Å². The van der Waals surface area contributed by atoms with Crippen molar-refractivity contribution < 1.29 is 14.3 Å². The Labute approximate surface area is 177 Å². The van der Waals surface area contributed by atoms with Gasteiger partial charge in [-0.25, -0.2) is 0 Å². The summed E-state index contributed by atoms with van der Waals surface area (Å²) in [6.45, 7) is 0. The number of nitrogens with zero attached hydrogens (tertiary/aromatic N) is 4. The van der Waals surface area contributed by atoms with Crippen LogP contribution in [0.4, 0.5) is 16.8 Å². The van der Waals surface area contributed by atoms with E-state index in [0.717, 1.165) is 10.2 Å². The predicted octanol–water partition coefficient (Wildman–Crippen LogP) is 3.58. The monoisotopic (exact) mass is 482 g/mol. The highest BCUT2D eigenvalue weighted by atomic mass is 79.9. The Morgan fingerprint density at radius 2 is 1.93 bits per heavy atom. The van der Waals surface area contributed by atoms with Crippen LogP contribution in [0.2, 0.25) is 0 Å². The number of halogens is 1. The summed E-state index contributed by atoms with van der Waals surface area (Å²) in [4.78, 5) is 20.3. The molecule has 9 nitrogen and oxygen atoms in total. The highest BCUT2D eigenvalue weighted by molar-refractivity contribution is 9.10. The quantitative estimate of drug-likeness (QED) is 0.465. The molecule has 2 aromatic heterocycles. The van der Waals surface area contributed by atoms with E-state index >= 15 is 0 Å². The second-order valence-corrected chi connectivity index (χ2v) is 8.24. The molecule has 3 aromatic rings. The van der Waals surface area contributed by atoms with Gasteiger partial charge in [-0.1, -0.05) is 45.1 Å². The molecule has 0 unspecified atom stereocenters. The summed E-state index contributed by atoms with van der Waals surface area (Å²) in [5.41, 5.74) is 0.893. The Morgan fingerprint density at radius 3 is 2.61 bits per heavy atom. The summed E-state index contributed by atoms with van der Waals surface area (Å²) in [6.07, 6.45) is 0. The van der Waals surface area contributed by atoms with Crippen molar-refractivity contribution >= 4 is 61.7 Å². The van der Waals surface area contributed by atoms with Crippen molar-refractivity contribution in [3.63, 3.8) is 0 Å². The van der Waals surface area contributed by atoms with Crippen LogP contribution in [0.3, 0.4) is 0 Å². The smallest absolute Gasteiger partial charge is 0.237 e. The molecule has 28 heavy (non-hydrogen) atoms. The third-order valence-corrected chi connectivity index (χ3v) is 5.62. The molecule has 0 bridgehead atoms. The van der Waals surface area contributed by atoms with E-state index in [1.807, 2.05) is 24.3 Å². The number of benzene rings is 1. The second-order valence-electron chi connectivity index (χ2n) is 5.12. The van der Waals surface area contributed by atoms with Crippen LogP contribution in [0.15, 0.2) is 39.1 Å². The first-order valence-electron chi connectivity index (χ1n) is 7.81. The van der Waals surface area contributed by atoms with E-state index in [0.29, 0.717) is 21.2 Å². The van der Waals surface area contributed by atoms with Crippen molar-refractivity contribution in [2.24, 2.45) is 0 Å². The first-order chi connectivity index (χ1) is 13.6. The van der Waals surface area contributed by atoms with Gasteiger partial charge in [0, 0.05) is 10.2 Å². The molecule has 2 heterocycles. The highest BCUT2D eigenvalue weighted by Gasteiger charge is 2.12. The molecule has 0 saturated heterocycles. The second kappa shape index (κ2) is 9.66. The fourth-order valence-electron chi connectivity index (χ4n) is 1.97. The van der Waals surface area contributed by atoms with Crippen molar-refractivity contribution in [3.05, 3.63) is 34.8 Å². The molecule has 2 N–H and O–H groups in total. The Bertz CT molecular complexity index is 949. The molecule has 0 aliphatic carbocycles. The first-order valence-corrected chi connectivity index (χ1v) is 10.4. The molecule has 0 saturated carbocycles. The number of ether oxygens (including phenoxy) is 2. The van der Waals surface area contributed by atoms with Crippen LogP contribution in [-0.2, 0) is 4.79 Å². The lowest BCUT2D eigenvalue weighted by Gasteiger charge is -2.07. The number of methoxy groups -OCH3 is 2. The Morgan fingerprint density at radius 1 is 1.18 bits per heavy atom. The van der Waals surface area contributed by atoms with Gasteiger partial charge in [0.15, 0.2) is 4.34 Å². The van der Waals surface area contributed by atoms with Gasteiger partial charge in [-0.2, -0.15) is 9.97 Å². The van der Waals surface area contributed by atoms with Crippen molar-refractivity contribution in [1.29, 1.82) is 0 Å². The number of anilines is 3. The molecule has 0 aliphatic rings. The molecule has 3 rings (SSSR count). The Hall–Kier alpha value is -2.44. The molecule has 0 spiro atoms. The van der Waals surface area contributed by atoms with Crippen LogP contribution in [0.25, 0.3) is 0 Å². The summed E-state index contributed by atoms with van der Waals surface area (Å²) in [6, 6.07) is 9.24. The Kier molecular flexibility index (Phi) is 7.01. The number of hydrogen-bond acceptors (Lipinski definition) is 10. The SMILES string of the molecule is COc1cc(OC)nc(NC(=O)CSc2nnc(Nc3cccc(Br)c3)s2)n1. The summed E-state index contributed by atoms with van der Waals surface area (Å²) in [7, 11) is 2.94. The van der Waals surface area contributed by atoms with Gasteiger partial charge in [-0.15, -0.1) is 10.2 Å². The topological polar surface area (TPSA) is 111 Å². The van der Waals surface area contributed by atoms with E-state index in [9.17, 15) is 4.79 Å². The maximum Gasteiger partial charge on any atom is 0.237 e. The van der Waals surface area contributed by atoms with E-state index in [1.54, 1.807) is 0 Å². The number of carbonyl (C=O) groups is 1. The molecule has 0 atom stereocenters. The minimum atomic E-state index is -0.281. The zero-order chi connectivity index (χ0) is 19.9. The minimum Gasteiger partial charge on any atom is -0.481 e. The van der Waals surface area contributed by atoms with E-state index in [2.05, 4.69) is 46.7 Å². The minimum absolute atomic E-state index is 0.107. The number of rotatable bonds is 8. The van der Waals surface area contributed by atoms with Gasteiger partial charge in [0.25, 0.3) is 0 Å². The van der Waals surface area contributed by atoms with Gasteiger partial charge in [0.2, 0.25) is 28.7 Å². The summed E-state index contributed by atoms with van der Waals surface area (Å²) in [5.74, 6) is 0.548. The number of hydrogen-bond donors (Lipinski definition) is 2. The Balaban J connectivity index is 1.54. The lowest BCUT2D eigenvalue weighted by atomic mass is 10.3. The summed E-state index contributed by atoms with van der Waals surface area (Å²) < 4.78 is 11.7. The third-order valence-electron chi connectivity index (χ3n) is 3.16. The molecule has 1 aromatic carbocycles. The van der Waals surface area contributed by atoms with E-state index in [1.165, 1.54) is 43.4 Å². The molecule has 146 valence electrons. The van der Waals surface area contributed by atoms with Gasteiger partial charge in [-0.3, -0.25) is 10.1 Å². The highest BCUT2D eigenvalue weighted by Crippen LogP contribution is 2.28. The van der Waals surface area contributed by atoms with Crippen molar-refractivity contribution in [2.45, 2.75) is 4.34 Å². The number of thioether (sulfide) groups is 1. The fourth-order valence-corrected chi connectivity index (χ4v) is 3.94. The average Bonchev–Trinajstić information content (AvgIpc) is 3.13. The van der Waals surface area contributed by atoms with Crippen LogP contribution >= 0.6 is 39.0 Å². The van der Waals surface area contributed by atoms with Gasteiger partial charge in [0.1, 0.15) is 0 Å². The molecule has 0 aliphatic heterocycles. The summed E-state index contributed by atoms with van der Waals surface area (Å²) in [5, 5.41) is 14.6. The van der Waals surface area contributed by atoms with Crippen molar-refractivity contribution in [3.8, 4) is 11.8 Å². The lowest BCUT2D eigenvalue weighted by molar-refractivity contribution is -0.113. The molecule has 0 fully saturated rings. The maximum absolute atomic E-state index is 12.2. The normalized spacial score (nSPS) is 10.4. The molecular formula is C16H15BrN6O3S2. The number of amides is 1. The molecule has 1 amide bonds. The van der Waals surface area contributed by atoms with Gasteiger partial charge in [0.05, 0.1) is 26.0 Å². The summed E-state index contributed by atoms with van der Waals surface area (Å²) >= 11 is 6.04. The number of nitrogens with one attached hydrogen (secondary N) is 2. The fraction of sp³-hybridized carbons (Fsp3) is 0.188. The molecular weight excluding hydrogens is 468 g/mol. The zero-order valence-corrected chi connectivity index (χ0v) is 18.0. The van der Waals surface area contributed by atoms with Gasteiger partial charge < -0.3 is 14.8 Å². The van der Waals surface area contributed by atoms with Crippen molar-refractivity contribution in [2.75, 3.05) is 30.6 Å². The third kappa shape index (κ3) is 5.78. The largest absolute Gasteiger partial charge is 0.481 e. The van der Waals surface area contributed by atoms with Crippen LogP contribution < -0.4 is 20.1 Å². The molecule has 0 radical (unpaired) electrons. The van der Waals surface area contributed by atoms with Gasteiger partial charge in [-0.05, 0) is 18.2 Å². The number of aromatic nitrogens is 4. The van der Waals surface area contributed by atoms with Crippen LogP contribution in [-0.4, -0.2) is 46.0 Å². The predicted molar refractivity (Wildman–Crippen MR) is 112 cm³/mol. The standard InChI is InChI=1S/C16H15BrN6O3S2/c1-25-12-7-13(26-2)21-14(20-12)19-11(24)8-27-16-23-22-15(28-16)18-10-5-3-4-9(17)6-10/h3-7H,8H2,1-2H3,(H,18,22)(H,19,20,21,24). The molecule has 12 heteroatoms. The van der Waals surface area contributed by atoms with E-state index in [4.69, 9.17) is 9.47 Å². The maximum atomic E-state index is 12.2. The lowest BCUT2D eigenvalue weighted by Crippen LogP contribution is -2.16. The van der Waals surface area contributed by atoms with E-state index in [-0.39, 0.29) is 17.6 Å². The van der Waals surface area contributed by atoms with E-state index < -0.39 is 0 Å². The van der Waals surface area contributed by atoms with Crippen LogP contribution in [0.5, 0.6) is 11.8 Å². The average molecular weight is 483 g/mol. The van der Waals surface area contributed by atoms with Gasteiger partial charge >= 0.3 is 0 Å². The zero-order valence-electron chi connectivity index (χ0n) is 14.8. The first kappa shape index (κ1) is 20.3.